The van der Waals surface area contributed by atoms with Crippen LogP contribution in [0.5, 0.6) is 0 Å². The molecule has 1 aromatic rings. The molecule has 2 rings (SSSR count). The fourth-order valence-electron chi connectivity index (χ4n) is 2.51. The minimum absolute atomic E-state index is 0.0691. The van der Waals surface area contributed by atoms with Crippen molar-refractivity contribution in [1.29, 1.82) is 0 Å². The van der Waals surface area contributed by atoms with Crippen LogP contribution >= 0.6 is 0 Å². The third-order valence-electron chi connectivity index (χ3n) is 3.52. The lowest BCUT2D eigenvalue weighted by Crippen LogP contribution is -2.29. The standard InChI is InChI=1S/C13H20N2O/c1-10-7-13(11(9-16)8-14-10)15(2)12-5-3-4-6-12/h7-8,12,16H,3-6,9H2,1-2H3. The first kappa shape index (κ1) is 11.4. The summed E-state index contributed by atoms with van der Waals surface area (Å²) in [5.74, 6) is 0. The summed E-state index contributed by atoms with van der Waals surface area (Å²) in [6.07, 6.45) is 6.97. The molecule has 0 amide bonds. The molecule has 0 saturated heterocycles. The van der Waals surface area contributed by atoms with Gasteiger partial charge in [-0.15, -0.1) is 0 Å². The molecule has 0 spiro atoms. The van der Waals surface area contributed by atoms with Crippen molar-refractivity contribution in [2.45, 2.75) is 45.3 Å². The molecule has 0 atom stereocenters. The molecular formula is C13H20N2O. The van der Waals surface area contributed by atoms with Crippen molar-refractivity contribution in [1.82, 2.24) is 4.98 Å². The first-order valence-corrected chi connectivity index (χ1v) is 6.01. The lowest BCUT2D eigenvalue weighted by molar-refractivity contribution is 0.281. The van der Waals surface area contributed by atoms with Crippen LogP contribution in [-0.4, -0.2) is 23.2 Å². The predicted octanol–water partition coefficient (Wildman–Crippen LogP) is 2.26. The third-order valence-corrected chi connectivity index (χ3v) is 3.52. The molecule has 3 heteroatoms. The van der Waals surface area contributed by atoms with Crippen molar-refractivity contribution in [3.63, 3.8) is 0 Å². The van der Waals surface area contributed by atoms with Gasteiger partial charge in [0.25, 0.3) is 0 Å². The SMILES string of the molecule is Cc1cc(N(C)C2CCCC2)c(CO)cn1. The molecule has 1 aliphatic carbocycles. The number of aliphatic hydroxyl groups is 1. The summed E-state index contributed by atoms with van der Waals surface area (Å²) in [5.41, 5.74) is 3.08. The smallest absolute Gasteiger partial charge is 0.0717 e. The fourth-order valence-corrected chi connectivity index (χ4v) is 2.51. The lowest BCUT2D eigenvalue weighted by atomic mass is 10.1. The molecule has 0 aromatic carbocycles. The van der Waals surface area contributed by atoms with Gasteiger partial charge in [-0.2, -0.15) is 0 Å². The Labute approximate surface area is 97.1 Å². The molecule has 1 fully saturated rings. The minimum atomic E-state index is 0.0691. The lowest BCUT2D eigenvalue weighted by Gasteiger charge is -2.28. The molecule has 1 saturated carbocycles. The Kier molecular flexibility index (Phi) is 3.44. The first-order chi connectivity index (χ1) is 7.72. The van der Waals surface area contributed by atoms with Gasteiger partial charge in [-0.3, -0.25) is 4.98 Å². The van der Waals surface area contributed by atoms with E-state index in [4.69, 9.17) is 0 Å². The molecule has 3 nitrogen and oxygen atoms in total. The number of rotatable bonds is 3. The molecule has 0 unspecified atom stereocenters. The average molecular weight is 220 g/mol. The van der Waals surface area contributed by atoms with Crippen LogP contribution in [0.3, 0.4) is 0 Å². The van der Waals surface area contributed by atoms with E-state index in [0.717, 1.165) is 16.9 Å². The number of anilines is 1. The second-order valence-corrected chi connectivity index (χ2v) is 4.66. The van der Waals surface area contributed by atoms with Gasteiger partial charge in [-0.05, 0) is 25.8 Å². The Morgan fingerprint density at radius 3 is 2.75 bits per heavy atom. The molecule has 0 bridgehead atoms. The topological polar surface area (TPSA) is 36.4 Å². The van der Waals surface area contributed by atoms with Gasteiger partial charge in [0.2, 0.25) is 0 Å². The van der Waals surface area contributed by atoms with Crippen molar-refractivity contribution in [2.24, 2.45) is 0 Å². The average Bonchev–Trinajstić information content (AvgIpc) is 2.81. The van der Waals surface area contributed by atoms with E-state index >= 15 is 0 Å². The van der Waals surface area contributed by atoms with E-state index < -0.39 is 0 Å². The van der Waals surface area contributed by atoms with E-state index in [1.807, 2.05) is 6.92 Å². The monoisotopic (exact) mass is 220 g/mol. The Hall–Kier alpha value is -1.09. The summed E-state index contributed by atoms with van der Waals surface area (Å²) in [5, 5.41) is 9.33. The molecular weight excluding hydrogens is 200 g/mol. The van der Waals surface area contributed by atoms with E-state index in [2.05, 4.69) is 23.0 Å². The van der Waals surface area contributed by atoms with Crippen molar-refractivity contribution < 1.29 is 5.11 Å². The highest BCUT2D eigenvalue weighted by atomic mass is 16.3. The molecule has 1 heterocycles. The second-order valence-electron chi connectivity index (χ2n) is 4.66. The van der Waals surface area contributed by atoms with E-state index in [1.54, 1.807) is 6.20 Å². The summed E-state index contributed by atoms with van der Waals surface area (Å²) in [7, 11) is 2.13. The predicted molar refractivity (Wildman–Crippen MR) is 65.6 cm³/mol. The summed E-state index contributed by atoms with van der Waals surface area (Å²) in [6, 6.07) is 2.70. The van der Waals surface area contributed by atoms with Crippen LogP contribution in [-0.2, 0) is 6.61 Å². The van der Waals surface area contributed by atoms with Crippen LogP contribution in [0.4, 0.5) is 5.69 Å². The van der Waals surface area contributed by atoms with Gasteiger partial charge < -0.3 is 10.0 Å². The van der Waals surface area contributed by atoms with Crippen LogP contribution < -0.4 is 4.90 Å². The summed E-state index contributed by atoms with van der Waals surface area (Å²) in [4.78, 5) is 6.55. The molecule has 88 valence electrons. The zero-order valence-corrected chi connectivity index (χ0v) is 10.1. The maximum Gasteiger partial charge on any atom is 0.0717 e. The Morgan fingerprint density at radius 2 is 2.12 bits per heavy atom. The van der Waals surface area contributed by atoms with E-state index in [-0.39, 0.29) is 6.61 Å². The third kappa shape index (κ3) is 2.19. The molecule has 1 N–H and O–H groups in total. The number of aliphatic hydroxyl groups excluding tert-OH is 1. The van der Waals surface area contributed by atoms with Crippen LogP contribution in [0.2, 0.25) is 0 Å². The normalized spacial score (nSPS) is 16.7. The number of nitrogens with zero attached hydrogens (tertiary/aromatic N) is 2. The van der Waals surface area contributed by atoms with Gasteiger partial charge in [-0.25, -0.2) is 0 Å². The maximum atomic E-state index is 9.33. The van der Waals surface area contributed by atoms with E-state index in [0.29, 0.717) is 6.04 Å². The highest BCUT2D eigenvalue weighted by molar-refractivity contribution is 5.53. The van der Waals surface area contributed by atoms with Gasteiger partial charge in [-0.1, -0.05) is 12.8 Å². The van der Waals surface area contributed by atoms with Crippen molar-refractivity contribution in [2.75, 3.05) is 11.9 Å². The van der Waals surface area contributed by atoms with Gasteiger partial charge in [0.1, 0.15) is 0 Å². The summed E-state index contributed by atoms with van der Waals surface area (Å²) in [6.45, 7) is 2.06. The van der Waals surface area contributed by atoms with Crippen LogP contribution in [0.1, 0.15) is 36.9 Å². The largest absolute Gasteiger partial charge is 0.392 e. The Bertz CT molecular complexity index is 359. The molecule has 0 radical (unpaired) electrons. The van der Waals surface area contributed by atoms with Crippen molar-refractivity contribution >= 4 is 5.69 Å². The van der Waals surface area contributed by atoms with Crippen LogP contribution in [0.25, 0.3) is 0 Å². The van der Waals surface area contributed by atoms with Crippen LogP contribution in [0.15, 0.2) is 12.3 Å². The van der Waals surface area contributed by atoms with Gasteiger partial charge in [0.05, 0.1) is 6.61 Å². The number of aromatic nitrogens is 1. The van der Waals surface area contributed by atoms with E-state index in [9.17, 15) is 5.11 Å². The van der Waals surface area contributed by atoms with Crippen molar-refractivity contribution in [3.8, 4) is 0 Å². The van der Waals surface area contributed by atoms with E-state index in [1.165, 1.54) is 25.7 Å². The zero-order chi connectivity index (χ0) is 11.5. The Morgan fingerprint density at radius 1 is 1.44 bits per heavy atom. The fraction of sp³-hybridized carbons (Fsp3) is 0.615. The number of aryl methyl sites for hydroxylation is 1. The highest BCUT2D eigenvalue weighted by Crippen LogP contribution is 2.29. The highest BCUT2D eigenvalue weighted by Gasteiger charge is 2.21. The minimum Gasteiger partial charge on any atom is -0.392 e. The van der Waals surface area contributed by atoms with Gasteiger partial charge >= 0.3 is 0 Å². The molecule has 1 aliphatic rings. The van der Waals surface area contributed by atoms with Gasteiger partial charge in [0.15, 0.2) is 0 Å². The summed E-state index contributed by atoms with van der Waals surface area (Å²) >= 11 is 0. The zero-order valence-electron chi connectivity index (χ0n) is 10.1. The molecule has 1 aromatic heterocycles. The Balaban J connectivity index is 2.26. The number of hydrogen-bond acceptors (Lipinski definition) is 3. The summed E-state index contributed by atoms with van der Waals surface area (Å²) < 4.78 is 0. The quantitative estimate of drug-likeness (QED) is 0.849. The maximum absolute atomic E-state index is 9.33. The first-order valence-electron chi connectivity index (χ1n) is 6.01. The number of hydrogen-bond donors (Lipinski definition) is 1. The molecule has 16 heavy (non-hydrogen) atoms. The van der Waals surface area contributed by atoms with Gasteiger partial charge in [0, 0.05) is 36.2 Å². The second kappa shape index (κ2) is 4.83. The number of pyridine rings is 1. The van der Waals surface area contributed by atoms with Crippen LogP contribution in [0, 0.1) is 6.92 Å². The van der Waals surface area contributed by atoms with Crippen molar-refractivity contribution in [3.05, 3.63) is 23.5 Å². The molecule has 0 aliphatic heterocycles.